The molecule has 29 heavy (non-hydrogen) atoms. The first kappa shape index (κ1) is 22.4. The van der Waals surface area contributed by atoms with Gasteiger partial charge in [-0.15, -0.1) is 0 Å². The van der Waals surface area contributed by atoms with Crippen LogP contribution in [0.5, 0.6) is 23.0 Å². The van der Waals surface area contributed by atoms with E-state index >= 15 is 0 Å². The molecule has 0 spiro atoms. The smallest absolute Gasteiger partial charge is 0.160 e. The van der Waals surface area contributed by atoms with Crippen LogP contribution < -0.4 is 4.74 Å². The highest BCUT2D eigenvalue weighted by Crippen LogP contribution is 2.35. The van der Waals surface area contributed by atoms with Crippen molar-refractivity contribution >= 4 is 0 Å². The number of allylic oxidation sites excluding steroid dienone is 4. The van der Waals surface area contributed by atoms with Crippen molar-refractivity contribution in [3.63, 3.8) is 0 Å². The van der Waals surface area contributed by atoms with E-state index in [0.29, 0.717) is 31.4 Å². The second kappa shape index (κ2) is 10.1. The van der Waals surface area contributed by atoms with Crippen LogP contribution in [0.1, 0.15) is 49.9 Å². The number of ether oxygens (including phenoxy) is 1. The lowest BCUT2D eigenvalue weighted by Gasteiger charge is -2.17. The third kappa shape index (κ3) is 6.05. The molecule has 0 radical (unpaired) electrons. The molecule has 0 aliphatic heterocycles. The molecule has 0 aromatic heterocycles. The lowest BCUT2D eigenvalue weighted by Crippen LogP contribution is -2.04. The van der Waals surface area contributed by atoms with Crippen molar-refractivity contribution in [1.29, 1.82) is 0 Å². The van der Waals surface area contributed by atoms with Crippen molar-refractivity contribution in [2.75, 3.05) is 7.11 Å². The monoisotopic (exact) mass is 396 g/mol. The van der Waals surface area contributed by atoms with Gasteiger partial charge in [0.05, 0.1) is 7.11 Å². The first-order valence-electron chi connectivity index (χ1n) is 9.91. The molecular formula is C25H32O4. The molecule has 0 amide bonds. The van der Waals surface area contributed by atoms with Gasteiger partial charge in [0, 0.05) is 17.2 Å². The molecule has 0 fully saturated rings. The molecule has 0 atom stereocenters. The third-order valence-corrected chi connectivity index (χ3v) is 4.96. The lowest BCUT2D eigenvalue weighted by atomic mass is 9.89. The molecule has 4 nitrogen and oxygen atoms in total. The maximum absolute atomic E-state index is 10.5. The molecule has 2 aromatic carbocycles. The van der Waals surface area contributed by atoms with E-state index in [-0.39, 0.29) is 17.2 Å². The number of benzene rings is 2. The Kier molecular flexibility index (Phi) is 7.77. The van der Waals surface area contributed by atoms with Crippen LogP contribution in [0.2, 0.25) is 0 Å². The van der Waals surface area contributed by atoms with Gasteiger partial charge in [-0.05, 0) is 76.6 Å². The summed E-state index contributed by atoms with van der Waals surface area (Å²) in [5, 5.41) is 30.9. The molecule has 0 unspecified atom stereocenters. The minimum atomic E-state index is 0.111. The van der Waals surface area contributed by atoms with E-state index in [1.165, 1.54) is 24.3 Å². The highest BCUT2D eigenvalue weighted by atomic mass is 16.5. The molecule has 156 valence electrons. The van der Waals surface area contributed by atoms with Crippen molar-refractivity contribution in [2.45, 2.75) is 53.4 Å². The standard InChI is InChI=1S/C25H32O4/c1-16(2)6-10-20-19(12-8-18-9-13-22(26)25(14-18)29-5)21(11-7-17(3)4)24(28)15-23(20)27/h6-7,9,13-15,26-28H,8,10-12H2,1-5H3. The summed E-state index contributed by atoms with van der Waals surface area (Å²) in [6, 6.07) is 6.77. The molecule has 0 saturated carbocycles. The van der Waals surface area contributed by atoms with Crippen LogP contribution in [0, 0.1) is 0 Å². The molecule has 3 N–H and O–H groups in total. The summed E-state index contributed by atoms with van der Waals surface area (Å²) in [5.74, 6) is 0.800. The van der Waals surface area contributed by atoms with Gasteiger partial charge < -0.3 is 20.1 Å². The fraction of sp³-hybridized carbons (Fsp3) is 0.360. The molecule has 4 heteroatoms. The molecule has 0 aliphatic rings. The minimum Gasteiger partial charge on any atom is -0.508 e. The van der Waals surface area contributed by atoms with Gasteiger partial charge in [0.2, 0.25) is 0 Å². The Bertz CT molecular complexity index is 871. The second-order valence-electron chi connectivity index (χ2n) is 7.83. The molecule has 0 saturated heterocycles. The van der Waals surface area contributed by atoms with Crippen LogP contribution in [0.15, 0.2) is 47.6 Å². The van der Waals surface area contributed by atoms with Crippen LogP contribution in [0.3, 0.4) is 0 Å². The number of phenols is 3. The number of phenolic OH excluding ortho intramolecular Hbond substituents is 3. The SMILES string of the molecule is COc1cc(CCc2c(CC=C(C)C)c(O)cc(O)c2CC=C(C)C)ccc1O. The Balaban J connectivity index is 2.46. The predicted octanol–water partition coefficient (Wildman–Crippen LogP) is 5.61. The van der Waals surface area contributed by atoms with Crippen molar-refractivity contribution in [3.8, 4) is 23.0 Å². The Labute approximate surface area is 173 Å². The van der Waals surface area contributed by atoms with Crippen molar-refractivity contribution in [2.24, 2.45) is 0 Å². The van der Waals surface area contributed by atoms with Gasteiger partial charge in [0.25, 0.3) is 0 Å². The zero-order valence-electron chi connectivity index (χ0n) is 18.0. The van der Waals surface area contributed by atoms with E-state index in [2.05, 4.69) is 12.2 Å². The molecule has 2 rings (SSSR count). The van der Waals surface area contributed by atoms with Crippen molar-refractivity contribution in [3.05, 3.63) is 69.8 Å². The van der Waals surface area contributed by atoms with Crippen LogP contribution in [0.4, 0.5) is 0 Å². The summed E-state index contributed by atoms with van der Waals surface area (Å²) >= 11 is 0. The molecule has 0 bridgehead atoms. The Morgan fingerprint density at radius 3 is 1.79 bits per heavy atom. The number of aromatic hydroxyl groups is 3. The van der Waals surface area contributed by atoms with E-state index in [1.807, 2.05) is 39.8 Å². The van der Waals surface area contributed by atoms with E-state index < -0.39 is 0 Å². The maximum Gasteiger partial charge on any atom is 0.160 e. The maximum atomic E-state index is 10.5. The highest BCUT2D eigenvalue weighted by Gasteiger charge is 2.17. The van der Waals surface area contributed by atoms with Gasteiger partial charge in [-0.1, -0.05) is 29.4 Å². The first-order chi connectivity index (χ1) is 13.7. The number of aryl methyl sites for hydroxylation is 1. The highest BCUT2D eigenvalue weighted by molar-refractivity contribution is 5.54. The predicted molar refractivity (Wildman–Crippen MR) is 118 cm³/mol. The average molecular weight is 397 g/mol. The van der Waals surface area contributed by atoms with Crippen molar-refractivity contribution < 1.29 is 20.1 Å². The zero-order chi connectivity index (χ0) is 21.6. The van der Waals surface area contributed by atoms with Crippen LogP contribution in [-0.4, -0.2) is 22.4 Å². The number of rotatable bonds is 8. The zero-order valence-corrected chi connectivity index (χ0v) is 18.0. The summed E-state index contributed by atoms with van der Waals surface area (Å²) in [7, 11) is 1.53. The third-order valence-electron chi connectivity index (χ3n) is 4.96. The fourth-order valence-corrected chi connectivity index (χ4v) is 3.31. The fourth-order valence-electron chi connectivity index (χ4n) is 3.31. The van der Waals surface area contributed by atoms with Gasteiger partial charge >= 0.3 is 0 Å². The summed E-state index contributed by atoms with van der Waals surface area (Å²) in [5.41, 5.74) is 6.06. The van der Waals surface area contributed by atoms with Gasteiger partial charge in [-0.2, -0.15) is 0 Å². The average Bonchev–Trinajstić information content (AvgIpc) is 2.65. The molecule has 0 heterocycles. The molecular weight excluding hydrogens is 364 g/mol. The van der Waals surface area contributed by atoms with Gasteiger partial charge in [0.1, 0.15) is 11.5 Å². The van der Waals surface area contributed by atoms with E-state index in [9.17, 15) is 15.3 Å². The van der Waals surface area contributed by atoms with E-state index in [4.69, 9.17) is 4.74 Å². The summed E-state index contributed by atoms with van der Waals surface area (Å²) in [4.78, 5) is 0. The van der Waals surface area contributed by atoms with E-state index in [1.54, 1.807) is 6.07 Å². The van der Waals surface area contributed by atoms with Gasteiger partial charge in [-0.25, -0.2) is 0 Å². The van der Waals surface area contributed by atoms with Crippen LogP contribution in [-0.2, 0) is 25.7 Å². The van der Waals surface area contributed by atoms with Crippen LogP contribution >= 0.6 is 0 Å². The quantitative estimate of drug-likeness (QED) is 0.507. The summed E-state index contributed by atoms with van der Waals surface area (Å²) in [6.45, 7) is 8.13. The first-order valence-corrected chi connectivity index (χ1v) is 9.91. The van der Waals surface area contributed by atoms with Crippen LogP contribution in [0.25, 0.3) is 0 Å². The Morgan fingerprint density at radius 1 is 0.759 bits per heavy atom. The van der Waals surface area contributed by atoms with Crippen molar-refractivity contribution in [1.82, 2.24) is 0 Å². The largest absolute Gasteiger partial charge is 0.508 e. The Hall–Kier alpha value is -2.88. The lowest BCUT2D eigenvalue weighted by molar-refractivity contribution is 0.373. The minimum absolute atomic E-state index is 0.111. The normalized spacial score (nSPS) is 10.5. The van der Waals surface area contributed by atoms with E-state index in [0.717, 1.165) is 22.3 Å². The Morgan fingerprint density at radius 2 is 1.31 bits per heavy atom. The second-order valence-corrected chi connectivity index (χ2v) is 7.83. The number of hydrogen-bond acceptors (Lipinski definition) is 4. The number of hydrogen-bond donors (Lipinski definition) is 3. The van der Waals surface area contributed by atoms with Gasteiger partial charge in [0.15, 0.2) is 11.5 Å². The molecule has 0 aliphatic carbocycles. The molecule has 2 aromatic rings. The topological polar surface area (TPSA) is 69.9 Å². The summed E-state index contributed by atoms with van der Waals surface area (Å²) in [6.07, 6.45) is 6.76. The number of methoxy groups -OCH3 is 1. The summed E-state index contributed by atoms with van der Waals surface area (Å²) < 4.78 is 5.21. The van der Waals surface area contributed by atoms with Gasteiger partial charge in [-0.3, -0.25) is 0 Å².